The van der Waals surface area contributed by atoms with Crippen LogP contribution < -0.4 is 0 Å². The van der Waals surface area contributed by atoms with Crippen molar-refractivity contribution in [1.82, 2.24) is 4.90 Å². The normalized spacial score (nSPS) is 20.4. The number of piperidine rings is 1. The molecule has 0 saturated carbocycles. The van der Waals surface area contributed by atoms with Crippen molar-refractivity contribution in [3.8, 4) is 0 Å². The topological polar surface area (TPSA) is 40.5 Å². The van der Waals surface area contributed by atoms with Gasteiger partial charge < -0.3 is 5.11 Å². The largest absolute Gasteiger partial charge is 0.481 e. The number of benzene rings is 1. The van der Waals surface area contributed by atoms with Gasteiger partial charge in [0.25, 0.3) is 0 Å². The molecule has 3 nitrogen and oxygen atoms in total. The van der Waals surface area contributed by atoms with Crippen molar-refractivity contribution in [3.63, 3.8) is 0 Å². The first-order valence-corrected chi connectivity index (χ1v) is 7.60. The lowest BCUT2D eigenvalue weighted by Gasteiger charge is -2.32. The molecule has 0 spiro atoms. The van der Waals surface area contributed by atoms with Crippen molar-refractivity contribution in [2.45, 2.75) is 25.8 Å². The number of carbonyl (C=O) groups is 1. The van der Waals surface area contributed by atoms with Gasteiger partial charge >= 0.3 is 5.97 Å². The molecule has 1 heterocycles. The van der Waals surface area contributed by atoms with Crippen LogP contribution in [-0.2, 0) is 11.3 Å². The molecule has 0 amide bonds. The van der Waals surface area contributed by atoms with Gasteiger partial charge in [-0.25, -0.2) is 0 Å². The second-order valence-corrected chi connectivity index (χ2v) is 6.37. The van der Waals surface area contributed by atoms with Gasteiger partial charge in [-0.05, 0) is 49.1 Å². The van der Waals surface area contributed by atoms with E-state index in [1.165, 1.54) is 0 Å². The minimum atomic E-state index is -0.698. The summed E-state index contributed by atoms with van der Waals surface area (Å²) in [6.45, 7) is 2.69. The van der Waals surface area contributed by atoms with Crippen molar-refractivity contribution >= 4 is 33.5 Å². The average Bonchev–Trinajstić information content (AvgIpc) is 2.33. The highest BCUT2D eigenvalue weighted by Crippen LogP contribution is 2.26. The third-order valence-corrected chi connectivity index (χ3v) is 4.48. The SMILES string of the molecule is O=C(O)CC1CCCN(Cc2cc(Cl)ccc2Br)C1. The molecule has 1 aromatic carbocycles. The summed E-state index contributed by atoms with van der Waals surface area (Å²) in [5.41, 5.74) is 1.16. The van der Waals surface area contributed by atoms with Crippen molar-refractivity contribution in [2.75, 3.05) is 13.1 Å². The summed E-state index contributed by atoms with van der Waals surface area (Å²) in [6, 6.07) is 5.78. The summed E-state index contributed by atoms with van der Waals surface area (Å²) >= 11 is 9.55. The Hall–Kier alpha value is -0.580. The minimum Gasteiger partial charge on any atom is -0.481 e. The lowest BCUT2D eigenvalue weighted by atomic mass is 9.94. The molecule has 5 heteroatoms. The zero-order valence-corrected chi connectivity index (χ0v) is 13.0. The second-order valence-electron chi connectivity index (χ2n) is 5.08. The predicted molar refractivity (Wildman–Crippen MR) is 79.4 cm³/mol. The molecule has 2 rings (SSSR count). The van der Waals surface area contributed by atoms with Gasteiger partial charge in [0.15, 0.2) is 0 Å². The molecule has 1 unspecified atom stereocenters. The molecule has 0 radical (unpaired) electrons. The Kier molecular flexibility index (Phi) is 5.25. The molecule has 1 aromatic rings. The Morgan fingerprint density at radius 3 is 3.05 bits per heavy atom. The Bertz CT molecular complexity index is 467. The van der Waals surface area contributed by atoms with Crippen molar-refractivity contribution in [2.24, 2.45) is 5.92 Å². The van der Waals surface area contributed by atoms with Gasteiger partial charge in [-0.1, -0.05) is 27.5 Å². The third-order valence-electron chi connectivity index (χ3n) is 3.47. The Morgan fingerprint density at radius 1 is 1.53 bits per heavy atom. The van der Waals surface area contributed by atoms with Crippen LogP contribution >= 0.6 is 27.5 Å². The van der Waals surface area contributed by atoms with Gasteiger partial charge in [0, 0.05) is 29.0 Å². The van der Waals surface area contributed by atoms with Crippen LogP contribution in [0, 0.1) is 5.92 Å². The van der Waals surface area contributed by atoms with Gasteiger partial charge in [-0.3, -0.25) is 9.69 Å². The van der Waals surface area contributed by atoms with E-state index in [1.54, 1.807) is 0 Å². The number of carboxylic acid groups (broad SMARTS) is 1. The number of hydrogen-bond donors (Lipinski definition) is 1. The fraction of sp³-hybridized carbons (Fsp3) is 0.500. The van der Waals surface area contributed by atoms with E-state index in [-0.39, 0.29) is 12.3 Å². The Balaban J connectivity index is 1.98. The average molecular weight is 347 g/mol. The third kappa shape index (κ3) is 4.48. The van der Waals surface area contributed by atoms with Crippen molar-refractivity contribution in [1.29, 1.82) is 0 Å². The van der Waals surface area contributed by atoms with Gasteiger partial charge in [0.1, 0.15) is 0 Å². The van der Waals surface area contributed by atoms with E-state index in [9.17, 15) is 4.79 Å². The lowest BCUT2D eigenvalue weighted by Crippen LogP contribution is -2.35. The van der Waals surface area contributed by atoms with E-state index in [1.807, 2.05) is 18.2 Å². The fourth-order valence-electron chi connectivity index (χ4n) is 2.61. The van der Waals surface area contributed by atoms with Crippen LogP contribution in [0.4, 0.5) is 0 Å². The summed E-state index contributed by atoms with van der Waals surface area (Å²) in [4.78, 5) is 13.1. The molecule has 1 aliphatic heterocycles. The first-order chi connectivity index (χ1) is 9.04. The molecular formula is C14H17BrClNO2. The van der Waals surface area contributed by atoms with Crippen molar-refractivity contribution in [3.05, 3.63) is 33.3 Å². The summed E-state index contributed by atoms with van der Waals surface area (Å²) < 4.78 is 1.05. The zero-order valence-electron chi connectivity index (χ0n) is 10.6. The zero-order chi connectivity index (χ0) is 13.8. The molecule has 0 aromatic heterocycles. The quantitative estimate of drug-likeness (QED) is 0.902. The van der Waals surface area contributed by atoms with Gasteiger partial charge in [0.2, 0.25) is 0 Å². The molecule has 104 valence electrons. The van der Waals surface area contributed by atoms with Crippen molar-refractivity contribution < 1.29 is 9.90 Å². The number of rotatable bonds is 4. The Labute approximate surface area is 126 Å². The summed E-state index contributed by atoms with van der Waals surface area (Å²) in [6.07, 6.45) is 2.35. The maximum atomic E-state index is 10.8. The number of likely N-dealkylation sites (tertiary alicyclic amines) is 1. The van der Waals surface area contributed by atoms with E-state index >= 15 is 0 Å². The molecule has 1 saturated heterocycles. The van der Waals surface area contributed by atoms with Gasteiger partial charge in [-0.2, -0.15) is 0 Å². The molecule has 0 bridgehead atoms. The van der Waals surface area contributed by atoms with Crippen LogP contribution in [0.3, 0.4) is 0 Å². The Morgan fingerprint density at radius 2 is 2.32 bits per heavy atom. The van der Waals surface area contributed by atoms with E-state index in [0.29, 0.717) is 0 Å². The van der Waals surface area contributed by atoms with Crippen LogP contribution in [-0.4, -0.2) is 29.1 Å². The number of nitrogens with zero attached hydrogens (tertiary/aromatic N) is 1. The van der Waals surface area contributed by atoms with E-state index < -0.39 is 5.97 Å². The predicted octanol–water partition coefficient (Wildman–Crippen LogP) is 3.79. The molecule has 1 fully saturated rings. The molecule has 1 aliphatic rings. The van der Waals surface area contributed by atoms with E-state index in [4.69, 9.17) is 16.7 Å². The molecule has 1 N–H and O–H groups in total. The highest BCUT2D eigenvalue weighted by Gasteiger charge is 2.22. The summed E-state index contributed by atoms with van der Waals surface area (Å²) in [5, 5.41) is 9.61. The highest BCUT2D eigenvalue weighted by molar-refractivity contribution is 9.10. The van der Waals surface area contributed by atoms with Crippen LogP contribution in [0.25, 0.3) is 0 Å². The number of halogens is 2. The van der Waals surface area contributed by atoms with Crippen LogP contribution in [0.15, 0.2) is 22.7 Å². The first-order valence-electron chi connectivity index (χ1n) is 6.42. The minimum absolute atomic E-state index is 0.268. The van der Waals surface area contributed by atoms with E-state index in [0.717, 1.165) is 47.5 Å². The number of aliphatic carboxylic acids is 1. The number of hydrogen-bond acceptors (Lipinski definition) is 2. The summed E-state index contributed by atoms with van der Waals surface area (Å²) in [7, 11) is 0. The lowest BCUT2D eigenvalue weighted by molar-refractivity contribution is -0.138. The highest BCUT2D eigenvalue weighted by atomic mass is 79.9. The van der Waals surface area contributed by atoms with Crippen LogP contribution in [0.5, 0.6) is 0 Å². The van der Waals surface area contributed by atoms with Crippen LogP contribution in [0.1, 0.15) is 24.8 Å². The molecular weight excluding hydrogens is 330 g/mol. The fourth-order valence-corrected chi connectivity index (χ4v) is 3.18. The monoisotopic (exact) mass is 345 g/mol. The van der Waals surface area contributed by atoms with Gasteiger partial charge in [0.05, 0.1) is 0 Å². The first kappa shape index (κ1) is 14.8. The van der Waals surface area contributed by atoms with E-state index in [2.05, 4.69) is 20.8 Å². The standard InChI is InChI=1S/C14H17BrClNO2/c15-13-4-3-12(16)7-11(13)9-17-5-1-2-10(8-17)6-14(18)19/h3-4,7,10H,1-2,5-6,8-9H2,(H,18,19). The smallest absolute Gasteiger partial charge is 0.303 e. The maximum absolute atomic E-state index is 10.8. The van der Waals surface area contributed by atoms with Gasteiger partial charge in [-0.15, -0.1) is 0 Å². The molecule has 0 aliphatic carbocycles. The maximum Gasteiger partial charge on any atom is 0.303 e. The summed E-state index contributed by atoms with van der Waals surface area (Å²) in [5.74, 6) is -0.431. The number of carboxylic acids is 1. The second kappa shape index (κ2) is 6.73. The molecule has 19 heavy (non-hydrogen) atoms. The molecule has 1 atom stereocenters. The van der Waals surface area contributed by atoms with Crippen LogP contribution in [0.2, 0.25) is 5.02 Å².